The molecule has 2 rings (SSSR count). The summed E-state index contributed by atoms with van der Waals surface area (Å²) in [7, 11) is 0. The second-order valence-corrected chi connectivity index (χ2v) is 5.10. The van der Waals surface area contributed by atoms with Gasteiger partial charge in [-0.25, -0.2) is 0 Å². The molecule has 1 aliphatic heterocycles. The predicted octanol–water partition coefficient (Wildman–Crippen LogP) is 1.12. The van der Waals surface area contributed by atoms with Crippen LogP contribution >= 0.6 is 0 Å². The van der Waals surface area contributed by atoms with Crippen molar-refractivity contribution in [3.8, 4) is 0 Å². The van der Waals surface area contributed by atoms with Gasteiger partial charge in [0, 0.05) is 24.5 Å². The number of carbonyl (C=O) groups excluding carboxylic acids is 1. The number of rotatable bonds is 5. The molecule has 19 heavy (non-hydrogen) atoms. The van der Waals surface area contributed by atoms with Crippen molar-refractivity contribution in [2.75, 3.05) is 37.2 Å². The van der Waals surface area contributed by atoms with E-state index in [9.17, 15) is 4.79 Å². The SMILES string of the molecule is CCN1CCC(CNc2cc(N)ccc2C(N)=O)C1. The number of nitrogens with one attached hydrogen (secondary N) is 1. The van der Waals surface area contributed by atoms with Crippen LogP contribution in [0.1, 0.15) is 23.7 Å². The molecule has 1 fully saturated rings. The number of amides is 1. The van der Waals surface area contributed by atoms with Crippen LogP contribution in [0.3, 0.4) is 0 Å². The minimum absolute atomic E-state index is 0.427. The fourth-order valence-corrected chi connectivity index (χ4v) is 2.54. The van der Waals surface area contributed by atoms with Gasteiger partial charge in [0.2, 0.25) is 0 Å². The van der Waals surface area contributed by atoms with Crippen LogP contribution in [0.15, 0.2) is 18.2 Å². The zero-order valence-corrected chi connectivity index (χ0v) is 11.4. The van der Waals surface area contributed by atoms with E-state index in [0.29, 0.717) is 17.2 Å². The molecule has 1 saturated heterocycles. The van der Waals surface area contributed by atoms with Crippen LogP contribution in [0.5, 0.6) is 0 Å². The van der Waals surface area contributed by atoms with Gasteiger partial charge in [0.15, 0.2) is 0 Å². The summed E-state index contributed by atoms with van der Waals surface area (Å²) in [5.74, 6) is 0.186. The number of nitrogens with two attached hydrogens (primary N) is 2. The Kier molecular flexibility index (Phi) is 4.27. The average Bonchev–Trinajstić information content (AvgIpc) is 2.84. The number of primary amides is 1. The largest absolute Gasteiger partial charge is 0.399 e. The lowest BCUT2D eigenvalue weighted by Crippen LogP contribution is -2.23. The Morgan fingerprint density at radius 3 is 2.95 bits per heavy atom. The van der Waals surface area contributed by atoms with Gasteiger partial charge in [0.05, 0.1) is 5.56 Å². The van der Waals surface area contributed by atoms with Crippen LogP contribution in [0, 0.1) is 5.92 Å². The average molecular weight is 262 g/mol. The van der Waals surface area contributed by atoms with Crippen molar-refractivity contribution in [3.05, 3.63) is 23.8 Å². The van der Waals surface area contributed by atoms with Gasteiger partial charge in [-0.05, 0) is 43.6 Å². The Morgan fingerprint density at radius 2 is 2.32 bits per heavy atom. The molecule has 104 valence electrons. The first-order valence-electron chi connectivity index (χ1n) is 6.75. The monoisotopic (exact) mass is 262 g/mol. The highest BCUT2D eigenvalue weighted by atomic mass is 16.1. The third kappa shape index (κ3) is 3.38. The highest BCUT2D eigenvalue weighted by molar-refractivity contribution is 5.99. The zero-order chi connectivity index (χ0) is 13.8. The van der Waals surface area contributed by atoms with E-state index in [1.807, 2.05) is 0 Å². The van der Waals surface area contributed by atoms with Gasteiger partial charge in [-0.1, -0.05) is 6.92 Å². The molecule has 1 amide bonds. The zero-order valence-electron chi connectivity index (χ0n) is 11.4. The number of likely N-dealkylation sites (tertiary alicyclic amines) is 1. The van der Waals surface area contributed by atoms with E-state index in [0.717, 1.165) is 31.9 Å². The van der Waals surface area contributed by atoms with Gasteiger partial charge < -0.3 is 21.7 Å². The molecule has 5 heteroatoms. The normalized spacial score (nSPS) is 19.5. The van der Waals surface area contributed by atoms with E-state index in [-0.39, 0.29) is 0 Å². The van der Waals surface area contributed by atoms with E-state index in [1.165, 1.54) is 6.42 Å². The van der Waals surface area contributed by atoms with E-state index in [2.05, 4.69) is 17.1 Å². The van der Waals surface area contributed by atoms with Gasteiger partial charge in [-0.3, -0.25) is 4.79 Å². The Labute approximate surface area is 113 Å². The molecule has 1 heterocycles. The first-order valence-corrected chi connectivity index (χ1v) is 6.75. The topological polar surface area (TPSA) is 84.4 Å². The summed E-state index contributed by atoms with van der Waals surface area (Å²) in [6, 6.07) is 5.14. The number of carbonyl (C=O) groups is 1. The molecular weight excluding hydrogens is 240 g/mol. The lowest BCUT2D eigenvalue weighted by atomic mass is 10.1. The fourth-order valence-electron chi connectivity index (χ4n) is 2.54. The van der Waals surface area contributed by atoms with Crippen LogP contribution in [0.2, 0.25) is 0 Å². The molecule has 5 N–H and O–H groups in total. The molecule has 1 aliphatic rings. The summed E-state index contributed by atoms with van der Waals surface area (Å²) in [6.45, 7) is 6.39. The number of hydrogen-bond acceptors (Lipinski definition) is 4. The Hall–Kier alpha value is -1.75. The molecule has 5 nitrogen and oxygen atoms in total. The maximum atomic E-state index is 11.4. The van der Waals surface area contributed by atoms with Gasteiger partial charge in [-0.2, -0.15) is 0 Å². The summed E-state index contributed by atoms with van der Waals surface area (Å²) < 4.78 is 0. The second-order valence-electron chi connectivity index (χ2n) is 5.10. The maximum absolute atomic E-state index is 11.4. The Balaban J connectivity index is 1.99. The number of benzene rings is 1. The molecule has 0 spiro atoms. The molecule has 1 aromatic carbocycles. The fraction of sp³-hybridized carbons (Fsp3) is 0.500. The minimum Gasteiger partial charge on any atom is -0.399 e. The smallest absolute Gasteiger partial charge is 0.250 e. The van der Waals surface area contributed by atoms with Gasteiger partial charge in [0.1, 0.15) is 0 Å². The summed E-state index contributed by atoms with van der Waals surface area (Å²) >= 11 is 0. The number of nitrogens with zero attached hydrogens (tertiary/aromatic N) is 1. The van der Waals surface area contributed by atoms with Gasteiger partial charge in [-0.15, -0.1) is 0 Å². The third-order valence-corrected chi connectivity index (χ3v) is 3.71. The van der Waals surface area contributed by atoms with Gasteiger partial charge in [0.25, 0.3) is 5.91 Å². The Bertz CT molecular complexity index is 461. The minimum atomic E-state index is -0.427. The molecule has 1 atom stereocenters. The summed E-state index contributed by atoms with van der Waals surface area (Å²) in [5, 5.41) is 3.31. The van der Waals surface area contributed by atoms with Crippen molar-refractivity contribution in [1.82, 2.24) is 4.90 Å². The van der Waals surface area contributed by atoms with Crippen LogP contribution in [-0.4, -0.2) is 37.0 Å². The highest BCUT2D eigenvalue weighted by Gasteiger charge is 2.21. The first-order chi connectivity index (χ1) is 9.10. The lowest BCUT2D eigenvalue weighted by Gasteiger charge is -2.16. The third-order valence-electron chi connectivity index (χ3n) is 3.71. The molecule has 0 radical (unpaired) electrons. The highest BCUT2D eigenvalue weighted by Crippen LogP contribution is 2.21. The quantitative estimate of drug-likeness (QED) is 0.694. The van der Waals surface area contributed by atoms with E-state index >= 15 is 0 Å². The van der Waals surface area contributed by atoms with Crippen molar-refractivity contribution in [2.45, 2.75) is 13.3 Å². The van der Waals surface area contributed by atoms with Crippen molar-refractivity contribution in [1.29, 1.82) is 0 Å². The van der Waals surface area contributed by atoms with Crippen LogP contribution < -0.4 is 16.8 Å². The molecule has 0 saturated carbocycles. The second kappa shape index (κ2) is 5.93. The first kappa shape index (κ1) is 13.7. The standard InChI is InChI=1S/C14H22N4O/c1-2-18-6-5-10(9-18)8-17-13-7-11(15)3-4-12(13)14(16)19/h3-4,7,10,17H,2,5-6,8-9,15H2,1H3,(H2,16,19). The summed E-state index contributed by atoms with van der Waals surface area (Å²) in [5.41, 5.74) is 13.0. The van der Waals surface area contributed by atoms with Crippen LogP contribution in [0.4, 0.5) is 11.4 Å². The molecule has 1 aromatic rings. The van der Waals surface area contributed by atoms with E-state index in [1.54, 1.807) is 18.2 Å². The van der Waals surface area contributed by atoms with Crippen LogP contribution in [0.25, 0.3) is 0 Å². The van der Waals surface area contributed by atoms with Crippen molar-refractivity contribution in [3.63, 3.8) is 0 Å². The van der Waals surface area contributed by atoms with Gasteiger partial charge >= 0.3 is 0 Å². The van der Waals surface area contributed by atoms with Crippen molar-refractivity contribution < 1.29 is 4.79 Å². The molecular formula is C14H22N4O. The number of anilines is 2. The predicted molar refractivity (Wildman–Crippen MR) is 78.1 cm³/mol. The molecule has 1 unspecified atom stereocenters. The summed E-state index contributed by atoms with van der Waals surface area (Å²) in [6.07, 6.45) is 1.19. The lowest BCUT2D eigenvalue weighted by molar-refractivity contribution is 0.100. The molecule has 0 bridgehead atoms. The van der Waals surface area contributed by atoms with Crippen molar-refractivity contribution >= 4 is 17.3 Å². The van der Waals surface area contributed by atoms with E-state index < -0.39 is 5.91 Å². The Morgan fingerprint density at radius 1 is 1.53 bits per heavy atom. The van der Waals surface area contributed by atoms with Crippen LogP contribution in [-0.2, 0) is 0 Å². The number of nitrogen functional groups attached to an aromatic ring is 1. The maximum Gasteiger partial charge on any atom is 0.250 e. The van der Waals surface area contributed by atoms with E-state index in [4.69, 9.17) is 11.5 Å². The van der Waals surface area contributed by atoms with Crippen molar-refractivity contribution in [2.24, 2.45) is 11.7 Å². The summed E-state index contributed by atoms with van der Waals surface area (Å²) in [4.78, 5) is 13.8. The molecule has 0 aliphatic carbocycles. The number of hydrogen-bond donors (Lipinski definition) is 3. The molecule has 0 aromatic heterocycles.